The number of hydrogen-bond donors (Lipinski definition) is 3. The number of carbonyl (C=O) groups excluding carboxylic acids is 1. The fraction of sp³-hybridized carbons (Fsp3) is 0.400. The number of amides is 1. The zero-order valence-corrected chi connectivity index (χ0v) is 12.1. The monoisotopic (exact) mass is 301 g/mol. The molecule has 0 saturated heterocycles. The highest BCUT2D eigenvalue weighted by molar-refractivity contribution is 6.34. The second kappa shape index (κ2) is 6.35. The molecule has 0 fully saturated rings. The van der Waals surface area contributed by atoms with E-state index in [1.54, 1.807) is 6.92 Å². The Hall–Kier alpha value is -2.13. The van der Waals surface area contributed by atoms with Crippen LogP contribution in [0.3, 0.4) is 0 Å². The van der Waals surface area contributed by atoms with Crippen molar-refractivity contribution in [3.05, 3.63) is 26.6 Å². The van der Waals surface area contributed by atoms with E-state index in [2.05, 4.69) is 15.5 Å². The molecule has 1 rings (SSSR count). The maximum absolute atomic E-state index is 12.1. The van der Waals surface area contributed by atoms with Gasteiger partial charge in [0.25, 0.3) is 11.5 Å². The van der Waals surface area contributed by atoms with Gasteiger partial charge in [-0.05, 0) is 6.42 Å². The standard InChI is InChI=1S/C10H16ClN7O2/c1-4-5-6(11)7(16-18(3)9(5)20)8(19)14-10(15-12)17(2)13/h4,12-13H2,1-3H3,(H,14,15,19). The van der Waals surface area contributed by atoms with Gasteiger partial charge in [-0.15, -0.1) is 5.10 Å². The molecule has 0 unspecified atom stereocenters. The smallest absolute Gasteiger partial charge is 0.280 e. The summed E-state index contributed by atoms with van der Waals surface area (Å²) in [6.07, 6.45) is 0.378. The Morgan fingerprint density at radius 1 is 1.60 bits per heavy atom. The third kappa shape index (κ3) is 3.06. The topological polar surface area (TPSA) is 132 Å². The molecule has 0 aliphatic heterocycles. The Balaban J connectivity index is 3.24. The van der Waals surface area contributed by atoms with Crippen molar-refractivity contribution in [1.29, 1.82) is 0 Å². The van der Waals surface area contributed by atoms with Gasteiger partial charge in [-0.25, -0.2) is 10.5 Å². The first-order chi connectivity index (χ1) is 9.33. The van der Waals surface area contributed by atoms with Crippen molar-refractivity contribution in [1.82, 2.24) is 20.1 Å². The molecule has 1 amide bonds. The Morgan fingerprint density at radius 3 is 2.65 bits per heavy atom. The molecule has 1 aromatic rings. The van der Waals surface area contributed by atoms with Crippen LogP contribution in [0, 0.1) is 0 Å². The molecule has 0 saturated carbocycles. The molecule has 110 valence electrons. The van der Waals surface area contributed by atoms with Gasteiger partial charge in [0, 0.05) is 19.7 Å². The van der Waals surface area contributed by atoms with E-state index in [9.17, 15) is 9.59 Å². The number of nitrogens with two attached hydrogens (primary N) is 2. The van der Waals surface area contributed by atoms with Gasteiger partial charge in [0.2, 0.25) is 5.96 Å². The highest BCUT2D eigenvalue weighted by atomic mass is 35.5. The third-order valence-corrected chi connectivity index (χ3v) is 2.93. The van der Waals surface area contributed by atoms with E-state index in [0.717, 1.165) is 9.69 Å². The largest absolute Gasteiger partial charge is 0.320 e. The number of carbonyl (C=O) groups is 1. The second-order valence-electron chi connectivity index (χ2n) is 3.94. The summed E-state index contributed by atoms with van der Waals surface area (Å²) < 4.78 is 1.05. The van der Waals surface area contributed by atoms with Crippen LogP contribution in [-0.4, -0.2) is 33.7 Å². The highest BCUT2D eigenvalue weighted by Gasteiger charge is 2.20. The van der Waals surface area contributed by atoms with Gasteiger partial charge < -0.3 is 5.84 Å². The zero-order valence-electron chi connectivity index (χ0n) is 11.3. The average Bonchev–Trinajstić information content (AvgIpc) is 2.40. The predicted molar refractivity (Wildman–Crippen MR) is 74.9 cm³/mol. The zero-order chi connectivity index (χ0) is 15.4. The number of hydrogen-bond acceptors (Lipinski definition) is 6. The van der Waals surface area contributed by atoms with Crippen molar-refractivity contribution in [2.45, 2.75) is 13.3 Å². The fourth-order valence-electron chi connectivity index (χ4n) is 1.50. The second-order valence-corrected chi connectivity index (χ2v) is 4.32. The molecule has 20 heavy (non-hydrogen) atoms. The van der Waals surface area contributed by atoms with E-state index < -0.39 is 5.91 Å². The minimum atomic E-state index is -0.665. The molecule has 10 heteroatoms. The molecule has 0 aromatic carbocycles. The van der Waals surface area contributed by atoms with Crippen LogP contribution in [0.1, 0.15) is 23.0 Å². The van der Waals surface area contributed by atoms with Crippen LogP contribution in [0.5, 0.6) is 0 Å². The SMILES string of the molecule is CCc1c(Cl)c(C(=O)NC(=NN)N(C)N)nn(C)c1=O. The van der Waals surface area contributed by atoms with Crippen molar-refractivity contribution in [3.63, 3.8) is 0 Å². The summed E-state index contributed by atoms with van der Waals surface area (Å²) in [4.78, 5) is 23.9. The lowest BCUT2D eigenvalue weighted by molar-refractivity contribution is 0.0965. The molecule has 0 bridgehead atoms. The summed E-state index contributed by atoms with van der Waals surface area (Å²) in [6, 6.07) is 0. The van der Waals surface area contributed by atoms with Crippen molar-refractivity contribution >= 4 is 23.5 Å². The van der Waals surface area contributed by atoms with Crippen LogP contribution >= 0.6 is 11.6 Å². The predicted octanol–water partition coefficient (Wildman–Crippen LogP) is -1.24. The molecule has 0 aliphatic rings. The molecule has 1 aromatic heterocycles. The van der Waals surface area contributed by atoms with E-state index in [-0.39, 0.29) is 22.2 Å². The Kier molecular flexibility index (Phi) is 5.06. The Bertz CT molecular complexity index is 608. The normalized spacial score (nSPS) is 11.3. The van der Waals surface area contributed by atoms with Gasteiger partial charge in [0.15, 0.2) is 5.69 Å². The Morgan fingerprint density at radius 2 is 2.20 bits per heavy atom. The van der Waals surface area contributed by atoms with Gasteiger partial charge in [-0.2, -0.15) is 5.10 Å². The van der Waals surface area contributed by atoms with Crippen LogP contribution in [-0.2, 0) is 13.5 Å². The highest BCUT2D eigenvalue weighted by Crippen LogP contribution is 2.16. The van der Waals surface area contributed by atoms with E-state index in [0.29, 0.717) is 12.0 Å². The number of hydrazone groups is 1. The lowest BCUT2D eigenvalue weighted by Crippen LogP contribution is -2.47. The number of halogens is 1. The average molecular weight is 302 g/mol. The van der Waals surface area contributed by atoms with Crippen LogP contribution < -0.4 is 22.6 Å². The quantitative estimate of drug-likeness (QED) is 0.271. The molecule has 0 spiro atoms. The first kappa shape index (κ1) is 15.9. The van der Waals surface area contributed by atoms with E-state index in [1.807, 2.05) is 0 Å². The molecule has 0 radical (unpaired) electrons. The first-order valence-electron chi connectivity index (χ1n) is 5.66. The molecular formula is C10H16ClN7O2. The van der Waals surface area contributed by atoms with Crippen molar-refractivity contribution in [2.24, 2.45) is 23.8 Å². The molecular weight excluding hydrogens is 286 g/mol. The summed E-state index contributed by atoms with van der Waals surface area (Å²) >= 11 is 6.03. The molecule has 1 heterocycles. The lowest BCUT2D eigenvalue weighted by Gasteiger charge is -2.15. The maximum atomic E-state index is 12.1. The van der Waals surface area contributed by atoms with Gasteiger partial charge >= 0.3 is 0 Å². The molecule has 5 N–H and O–H groups in total. The van der Waals surface area contributed by atoms with Crippen molar-refractivity contribution in [3.8, 4) is 0 Å². The van der Waals surface area contributed by atoms with Gasteiger partial charge in [0.1, 0.15) is 0 Å². The van der Waals surface area contributed by atoms with Crippen LogP contribution in [0.25, 0.3) is 0 Å². The number of guanidine groups is 1. The minimum absolute atomic E-state index is 0.00384. The van der Waals surface area contributed by atoms with Crippen molar-refractivity contribution < 1.29 is 4.79 Å². The number of nitrogens with one attached hydrogen (secondary N) is 1. The van der Waals surface area contributed by atoms with Crippen molar-refractivity contribution in [2.75, 3.05) is 7.05 Å². The number of nitrogens with zero attached hydrogens (tertiary/aromatic N) is 4. The number of hydrazine groups is 1. The number of aryl methyl sites for hydroxylation is 1. The Labute approximate surface area is 120 Å². The lowest BCUT2D eigenvalue weighted by atomic mass is 10.2. The van der Waals surface area contributed by atoms with E-state index in [4.69, 9.17) is 23.3 Å². The van der Waals surface area contributed by atoms with Gasteiger partial charge in [0.05, 0.1) is 5.02 Å². The first-order valence-corrected chi connectivity index (χ1v) is 6.04. The minimum Gasteiger partial charge on any atom is -0.320 e. The number of aromatic nitrogens is 2. The summed E-state index contributed by atoms with van der Waals surface area (Å²) in [5.74, 6) is 9.78. The molecule has 0 atom stereocenters. The van der Waals surface area contributed by atoms with Crippen LogP contribution in [0.15, 0.2) is 9.90 Å². The van der Waals surface area contributed by atoms with Gasteiger partial charge in [-0.1, -0.05) is 18.5 Å². The third-order valence-electron chi connectivity index (χ3n) is 2.53. The fourth-order valence-corrected chi connectivity index (χ4v) is 1.83. The van der Waals surface area contributed by atoms with E-state index >= 15 is 0 Å². The summed E-state index contributed by atoms with van der Waals surface area (Å²) in [6.45, 7) is 1.75. The summed E-state index contributed by atoms with van der Waals surface area (Å²) in [5.41, 5.74) is -0.145. The molecule has 0 aliphatic carbocycles. The maximum Gasteiger partial charge on any atom is 0.280 e. The van der Waals surface area contributed by atoms with Gasteiger partial charge in [-0.3, -0.25) is 19.9 Å². The van der Waals surface area contributed by atoms with Crippen LogP contribution in [0.2, 0.25) is 5.02 Å². The summed E-state index contributed by atoms with van der Waals surface area (Å²) in [5, 5.41) is 10.5. The molecule has 9 nitrogen and oxygen atoms in total. The summed E-state index contributed by atoms with van der Waals surface area (Å²) in [7, 11) is 2.88. The van der Waals surface area contributed by atoms with Crippen LogP contribution in [0.4, 0.5) is 0 Å². The number of rotatable bonds is 2. The van der Waals surface area contributed by atoms with E-state index in [1.165, 1.54) is 14.1 Å².